The number of carbonyl (C=O) groups is 1. The maximum Gasteiger partial charge on any atom is 0.223 e. The van der Waals surface area contributed by atoms with E-state index in [1.165, 1.54) is 6.42 Å². The highest BCUT2D eigenvalue weighted by Gasteiger charge is 2.28. The second-order valence-corrected chi connectivity index (χ2v) is 6.04. The van der Waals surface area contributed by atoms with E-state index in [2.05, 4.69) is 18.8 Å². The molecule has 0 saturated carbocycles. The van der Waals surface area contributed by atoms with Gasteiger partial charge in [-0.15, -0.1) is 0 Å². The fourth-order valence-corrected chi connectivity index (χ4v) is 2.65. The van der Waals surface area contributed by atoms with Gasteiger partial charge in [-0.05, 0) is 18.3 Å². The van der Waals surface area contributed by atoms with Gasteiger partial charge in [0, 0.05) is 45.4 Å². The van der Waals surface area contributed by atoms with Crippen molar-refractivity contribution in [3.05, 3.63) is 18.2 Å². The number of amides is 1. The van der Waals surface area contributed by atoms with Crippen LogP contribution in [0.2, 0.25) is 0 Å². The van der Waals surface area contributed by atoms with Gasteiger partial charge in [0.1, 0.15) is 5.82 Å². The molecule has 1 amide bonds. The van der Waals surface area contributed by atoms with Crippen LogP contribution in [0.3, 0.4) is 0 Å². The molecule has 1 fully saturated rings. The number of nitrogens with zero attached hydrogens (tertiary/aromatic N) is 3. The van der Waals surface area contributed by atoms with Crippen molar-refractivity contribution in [3.8, 4) is 0 Å². The van der Waals surface area contributed by atoms with Crippen molar-refractivity contribution < 1.29 is 4.79 Å². The van der Waals surface area contributed by atoms with Crippen molar-refractivity contribution in [2.45, 2.75) is 39.5 Å². The molecule has 0 atom stereocenters. The van der Waals surface area contributed by atoms with Crippen LogP contribution in [0, 0.1) is 5.41 Å². The number of piperidine rings is 1. The SMILES string of the molecule is Cn1ccnc1CCC(=O)N1CCCC(C)(C)C1. The molecule has 0 aliphatic carbocycles. The molecule has 1 aliphatic heterocycles. The van der Waals surface area contributed by atoms with Crippen LogP contribution in [-0.2, 0) is 18.3 Å². The predicted octanol–water partition coefficient (Wildman–Crippen LogP) is 2.00. The number of hydrogen-bond donors (Lipinski definition) is 0. The van der Waals surface area contributed by atoms with E-state index in [0.29, 0.717) is 6.42 Å². The zero-order valence-electron chi connectivity index (χ0n) is 11.6. The molecule has 100 valence electrons. The third-order valence-corrected chi connectivity index (χ3v) is 3.74. The van der Waals surface area contributed by atoms with Gasteiger partial charge in [-0.3, -0.25) is 4.79 Å². The van der Waals surface area contributed by atoms with Crippen molar-refractivity contribution in [3.63, 3.8) is 0 Å². The fourth-order valence-electron chi connectivity index (χ4n) is 2.65. The molecule has 4 nitrogen and oxygen atoms in total. The molecule has 18 heavy (non-hydrogen) atoms. The van der Waals surface area contributed by atoms with E-state index in [9.17, 15) is 4.79 Å². The second-order valence-electron chi connectivity index (χ2n) is 6.04. The zero-order valence-corrected chi connectivity index (χ0v) is 11.6. The lowest BCUT2D eigenvalue weighted by atomic mass is 9.84. The summed E-state index contributed by atoms with van der Waals surface area (Å²) < 4.78 is 1.98. The topological polar surface area (TPSA) is 38.1 Å². The van der Waals surface area contributed by atoms with E-state index in [1.54, 1.807) is 6.20 Å². The number of aromatic nitrogens is 2. The van der Waals surface area contributed by atoms with E-state index in [0.717, 1.165) is 31.8 Å². The number of likely N-dealkylation sites (tertiary alicyclic amines) is 1. The van der Waals surface area contributed by atoms with Gasteiger partial charge in [0.05, 0.1) is 0 Å². The molecule has 4 heteroatoms. The van der Waals surface area contributed by atoms with Crippen LogP contribution in [0.1, 0.15) is 38.9 Å². The van der Waals surface area contributed by atoms with Crippen molar-refractivity contribution in [1.29, 1.82) is 0 Å². The lowest BCUT2D eigenvalue weighted by Crippen LogP contribution is -2.43. The van der Waals surface area contributed by atoms with E-state index in [1.807, 2.05) is 22.7 Å². The summed E-state index contributed by atoms with van der Waals surface area (Å²) in [5.41, 5.74) is 0.275. The first-order valence-corrected chi connectivity index (χ1v) is 6.72. The predicted molar refractivity (Wildman–Crippen MR) is 71.1 cm³/mol. The van der Waals surface area contributed by atoms with Gasteiger partial charge in [-0.1, -0.05) is 13.8 Å². The Bertz CT molecular complexity index is 422. The van der Waals surface area contributed by atoms with Crippen molar-refractivity contribution in [2.24, 2.45) is 12.5 Å². The van der Waals surface area contributed by atoms with Crippen LogP contribution < -0.4 is 0 Å². The molecule has 0 N–H and O–H groups in total. The zero-order chi connectivity index (χ0) is 13.2. The molecule has 1 saturated heterocycles. The molecule has 2 rings (SSSR count). The van der Waals surface area contributed by atoms with Gasteiger partial charge < -0.3 is 9.47 Å². The summed E-state index contributed by atoms with van der Waals surface area (Å²) in [5, 5.41) is 0. The number of aryl methyl sites for hydroxylation is 2. The van der Waals surface area contributed by atoms with Crippen molar-refractivity contribution in [1.82, 2.24) is 14.5 Å². The summed E-state index contributed by atoms with van der Waals surface area (Å²) in [6.45, 7) is 6.30. The fraction of sp³-hybridized carbons (Fsp3) is 0.714. The largest absolute Gasteiger partial charge is 0.342 e. The average Bonchev–Trinajstić information content (AvgIpc) is 2.70. The molecule has 0 bridgehead atoms. The molecule has 0 unspecified atom stereocenters. The molecule has 2 heterocycles. The Balaban J connectivity index is 1.86. The highest BCUT2D eigenvalue weighted by Crippen LogP contribution is 2.28. The first-order valence-electron chi connectivity index (χ1n) is 6.72. The van der Waals surface area contributed by atoms with Gasteiger partial charge in [0.2, 0.25) is 5.91 Å². The van der Waals surface area contributed by atoms with Crippen LogP contribution in [0.5, 0.6) is 0 Å². The first kappa shape index (κ1) is 13.1. The summed E-state index contributed by atoms with van der Waals surface area (Å²) in [7, 11) is 1.97. The Morgan fingerprint density at radius 1 is 1.50 bits per heavy atom. The summed E-state index contributed by atoms with van der Waals surface area (Å²) in [6, 6.07) is 0. The molecular weight excluding hydrogens is 226 g/mol. The van der Waals surface area contributed by atoms with Crippen LogP contribution in [-0.4, -0.2) is 33.4 Å². The highest BCUT2D eigenvalue weighted by molar-refractivity contribution is 5.76. The van der Waals surface area contributed by atoms with Gasteiger partial charge >= 0.3 is 0 Å². The summed E-state index contributed by atoms with van der Waals surface area (Å²) >= 11 is 0. The van der Waals surface area contributed by atoms with Crippen LogP contribution >= 0.6 is 0 Å². The average molecular weight is 249 g/mol. The molecule has 0 radical (unpaired) electrons. The van der Waals surface area contributed by atoms with Crippen LogP contribution in [0.25, 0.3) is 0 Å². The Morgan fingerprint density at radius 2 is 2.28 bits per heavy atom. The summed E-state index contributed by atoms with van der Waals surface area (Å²) in [6.07, 6.45) is 7.35. The lowest BCUT2D eigenvalue weighted by molar-refractivity contribution is -0.134. The molecule has 1 aliphatic rings. The van der Waals surface area contributed by atoms with Gasteiger partial charge in [-0.2, -0.15) is 0 Å². The standard InChI is InChI=1S/C14H23N3O/c1-14(2)7-4-9-17(11-14)13(18)6-5-12-15-8-10-16(12)3/h8,10H,4-7,9,11H2,1-3H3. The lowest BCUT2D eigenvalue weighted by Gasteiger charge is -2.38. The quantitative estimate of drug-likeness (QED) is 0.821. The van der Waals surface area contributed by atoms with Gasteiger partial charge in [0.15, 0.2) is 0 Å². The number of hydrogen-bond acceptors (Lipinski definition) is 2. The maximum atomic E-state index is 12.2. The number of rotatable bonds is 3. The number of imidazole rings is 1. The minimum atomic E-state index is 0.269. The van der Waals surface area contributed by atoms with E-state index in [-0.39, 0.29) is 11.3 Å². The van der Waals surface area contributed by atoms with Gasteiger partial charge in [-0.25, -0.2) is 4.98 Å². The summed E-state index contributed by atoms with van der Waals surface area (Å²) in [4.78, 5) is 18.5. The maximum absolute atomic E-state index is 12.2. The van der Waals surface area contributed by atoms with Crippen LogP contribution in [0.4, 0.5) is 0 Å². The first-order chi connectivity index (χ1) is 8.48. The molecule has 1 aromatic rings. The van der Waals surface area contributed by atoms with E-state index in [4.69, 9.17) is 0 Å². The minimum Gasteiger partial charge on any atom is -0.342 e. The Hall–Kier alpha value is -1.32. The third-order valence-electron chi connectivity index (χ3n) is 3.74. The Morgan fingerprint density at radius 3 is 2.89 bits per heavy atom. The second kappa shape index (κ2) is 5.12. The third kappa shape index (κ3) is 3.12. The molecule has 0 spiro atoms. The van der Waals surface area contributed by atoms with Crippen molar-refractivity contribution in [2.75, 3.05) is 13.1 Å². The Kier molecular flexibility index (Phi) is 3.73. The van der Waals surface area contributed by atoms with Gasteiger partial charge in [0.25, 0.3) is 0 Å². The normalized spacial score (nSPS) is 18.9. The smallest absolute Gasteiger partial charge is 0.223 e. The Labute approximate surface area is 109 Å². The monoisotopic (exact) mass is 249 g/mol. The van der Waals surface area contributed by atoms with Crippen LogP contribution in [0.15, 0.2) is 12.4 Å². The molecule has 1 aromatic heterocycles. The molecule has 0 aromatic carbocycles. The summed E-state index contributed by atoms with van der Waals surface area (Å²) in [5.74, 6) is 1.25. The molecular formula is C14H23N3O. The van der Waals surface area contributed by atoms with E-state index < -0.39 is 0 Å². The highest BCUT2D eigenvalue weighted by atomic mass is 16.2. The minimum absolute atomic E-state index is 0.269. The van der Waals surface area contributed by atoms with Crippen molar-refractivity contribution >= 4 is 5.91 Å². The van der Waals surface area contributed by atoms with E-state index >= 15 is 0 Å². The number of carbonyl (C=O) groups excluding carboxylic acids is 1.